The lowest BCUT2D eigenvalue weighted by atomic mass is 10.0. The molecule has 0 bridgehead atoms. The molecule has 5 heteroatoms. The van der Waals surface area contributed by atoms with Crippen molar-refractivity contribution in [1.82, 2.24) is 23.5 Å². The third-order valence-electron chi connectivity index (χ3n) is 8.92. The fourth-order valence-corrected chi connectivity index (χ4v) is 7.20. The van der Waals surface area contributed by atoms with Crippen molar-refractivity contribution >= 4 is 71.1 Å². The molecule has 0 saturated carbocycles. The van der Waals surface area contributed by atoms with Gasteiger partial charge in [0.15, 0.2) is 5.65 Å². The van der Waals surface area contributed by atoms with Crippen LogP contribution < -0.4 is 0 Å². The van der Waals surface area contributed by atoms with Gasteiger partial charge in [-0.1, -0.05) is 60.7 Å². The predicted octanol–water partition coefficient (Wildman–Crippen LogP) is 9.23. The summed E-state index contributed by atoms with van der Waals surface area (Å²) in [6.07, 6.45) is 5.76. The fraction of sp³-hybridized carbons (Fsp3) is 0. The predicted molar refractivity (Wildman–Crippen MR) is 177 cm³/mol. The van der Waals surface area contributed by atoms with Gasteiger partial charge in [0.25, 0.3) is 0 Å². The summed E-state index contributed by atoms with van der Waals surface area (Å²) < 4.78 is 6.98. The molecule has 0 spiro atoms. The number of fused-ring (bicyclic) bond motifs is 13. The molecule has 0 radical (unpaired) electrons. The van der Waals surface area contributed by atoms with E-state index >= 15 is 0 Å². The molecule has 43 heavy (non-hydrogen) atoms. The van der Waals surface area contributed by atoms with E-state index in [1.165, 1.54) is 49.0 Å². The van der Waals surface area contributed by atoms with E-state index in [1.807, 2.05) is 24.7 Å². The Morgan fingerprint density at radius 2 is 1.07 bits per heavy atom. The Hall–Kier alpha value is -5.94. The zero-order chi connectivity index (χ0) is 28.1. The number of imidazole rings is 1. The number of nitrogens with zero attached hydrogens (tertiary/aromatic N) is 5. The number of benzene rings is 5. The monoisotopic (exact) mass is 549 g/mol. The Kier molecular flexibility index (Phi) is 4.39. The van der Waals surface area contributed by atoms with Gasteiger partial charge in [-0.3, -0.25) is 9.38 Å². The van der Waals surface area contributed by atoms with Crippen molar-refractivity contribution in [1.29, 1.82) is 0 Å². The summed E-state index contributed by atoms with van der Waals surface area (Å²) in [5, 5.41) is 7.23. The average Bonchev–Trinajstić information content (AvgIpc) is 3.77. The van der Waals surface area contributed by atoms with Gasteiger partial charge in [0.2, 0.25) is 0 Å². The van der Waals surface area contributed by atoms with Crippen LogP contribution in [0.25, 0.3) is 82.4 Å². The van der Waals surface area contributed by atoms with Crippen LogP contribution in [0.4, 0.5) is 0 Å². The van der Waals surface area contributed by atoms with Crippen LogP contribution in [-0.2, 0) is 0 Å². The van der Waals surface area contributed by atoms with E-state index in [4.69, 9.17) is 9.97 Å². The van der Waals surface area contributed by atoms with E-state index in [0.29, 0.717) is 0 Å². The van der Waals surface area contributed by atoms with E-state index in [2.05, 4.69) is 129 Å². The van der Waals surface area contributed by atoms with Crippen LogP contribution in [0.5, 0.6) is 0 Å². The van der Waals surface area contributed by atoms with Gasteiger partial charge >= 0.3 is 0 Å². The van der Waals surface area contributed by atoms with Crippen molar-refractivity contribution < 1.29 is 0 Å². The molecule has 5 heterocycles. The van der Waals surface area contributed by atoms with E-state index in [-0.39, 0.29) is 0 Å². The molecular formula is C38H23N5. The number of rotatable bonds is 2. The quantitative estimate of drug-likeness (QED) is 0.202. The molecule has 5 aromatic carbocycles. The van der Waals surface area contributed by atoms with Crippen LogP contribution in [-0.4, -0.2) is 23.5 Å². The maximum atomic E-state index is 4.82. The molecule has 0 amide bonds. The lowest BCUT2D eigenvalue weighted by molar-refractivity contribution is 1.16. The Bertz CT molecular complexity index is 2710. The van der Waals surface area contributed by atoms with E-state index in [1.54, 1.807) is 0 Å². The number of hydrogen-bond donors (Lipinski definition) is 0. The van der Waals surface area contributed by atoms with Crippen LogP contribution in [0, 0.1) is 0 Å². The maximum absolute atomic E-state index is 4.82. The summed E-state index contributed by atoms with van der Waals surface area (Å²) in [6, 6.07) is 43.6. The minimum Gasteiger partial charge on any atom is -0.309 e. The number of pyridine rings is 2. The number of hydrogen-bond acceptors (Lipinski definition) is 2. The van der Waals surface area contributed by atoms with Crippen LogP contribution >= 0.6 is 0 Å². The first kappa shape index (κ1) is 22.7. The van der Waals surface area contributed by atoms with Crippen LogP contribution in [0.2, 0.25) is 0 Å². The van der Waals surface area contributed by atoms with E-state index < -0.39 is 0 Å². The molecule has 0 atom stereocenters. The SMILES string of the molecule is c1ccc(-n2c3ccccc3c3cc4c5c6c7cccnc7c7nccn7c6ccc5n(-c5ccccc5)c4cc32)cc1. The van der Waals surface area contributed by atoms with Gasteiger partial charge in [0.05, 0.1) is 27.6 Å². The molecule has 0 saturated heterocycles. The highest BCUT2D eigenvalue weighted by Gasteiger charge is 2.22. The molecule has 5 aromatic heterocycles. The van der Waals surface area contributed by atoms with E-state index in [0.717, 1.165) is 33.4 Å². The summed E-state index contributed by atoms with van der Waals surface area (Å²) in [6.45, 7) is 0. The minimum atomic E-state index is 0.877. The van der Waals surface area contributed by atoms with Crippen molar-refractivity contribution in [3.63, 3.8) is 0 Å². The zero-order valence-electron chi connectivity index (χ0n) is 23.0. The molecule has 0 N–H and O–H groups in total. The highest BCUT2D eigenvalue weighted by atomic mass is 15.0. The van der Waals surface area contributed by atoms with Crippen molar-refractivity contribution in [2.75, 3.05) is 0 Å². The van der Waals surface area contributed by atoms with Gasteiger partial charge in [-0.05, 0) is 60.7 Å². The van der Waals surface area contributed by atoms with Gasteiger partial charge in [0, 0.05) is 62.3 Å². The molecule has 0 aliphatic carbocycles. The van der Waals surface area contributed by atoms with Gasteiger partial charge in [-0.15, -0.1) is 0 Å². The lowest BCUT2D eigenvalue weighted by Gasteiger charge is -2.11. The molecule has 0 unspecified atom stereocenters. The van der Waals surface area contributed by atoms with E-state index in [9.17, 15) is 0 Å². The summed E-state index contributed by atoms with van der Waals surface area (Å²) in [4.78, 5) is 9.51. The first-order valence-electron chi connectivity index (χ1n) is 14.5. The molecule has 0 fully saturated rings. The summed E-state index contributed by atoms with van der Waals surface area (Å²) >= 11 is 0. The molecular weight excluding hydrogens is 526 g/mol. The molecule has 5 nitrogen and oxygen atoms in total. The first-order chi connectivity index (χ1) is 21.4. The van der Waals surface area contributed by atoms with Crippen molar-refractivity contribution in [2.45, 2.75) is 0 Å². The normalized spacial score (nSPS) is 12.2. The second-order valence-electron chi connectivity index (χ2n) is 11.1. The highest BCUT2D eigenvalue weighted by Crippen LogP contribution is 2.43. The summed E-state index contributed by atoms with van der Waals surface area (Å²) in [7, 11) is 0. The molecule has 200 valence electrons. The molecule has 0 aliphatic heterocycles. The number of para-hydroxylation sites is 3. The lowest BCUT2D eigenvalue weighted by Crippen LogP contribution is -1.96. The zero-order valence-corrected chi connectivity index (χ0v) is 23.0. The Labute approximate surface area is 245 Å². The van der Waals surface area contributed by atoms with Crippen molar-refractivity contribution in [2.24, 2.45) is 0 Å². The summed E-state index contributed by atoms with van der Waals surface area (Å²) in [5.41, 5.74) is 9.93. The smallest absolute Gasteiger partial charge is 0.163 e. The van der Waals surface area contributed by atoms with Crippen LogP contribution in [0.1, 0.15) is 0 Å². The largest absolute Gasteiger partial charge is 0.309 e. The Morgan fingerprint density at radius 3 is 1.88 bits per heavy atom. The third kappa shape index (κ3) is 2.95. The standard InChI is InChI=1S/C38H23N5/c1-3-10-24(11-4-1)42-30-16-8-7-14-26(30)28-22-29-34(23-33(28)42)43(25-12-5-2-6-13-25)32-18-17-31-35(36(29)32)27-15-9-19-39-37(27)38-40-20-21-41(31)38/h1-23H. The Morgan fingerprint density at radius 1 is 0.419 bits per heavy atom. The van der Waals surface area contributed by atoms with Crippen molar-refractivity contribution in [3.8, 4) is 11.4 Å². The first-order valence-corrected chi connectivity index (χ1v) is 14.5. The highest BCUT2D eigenvalue weighted by molar-refractivity contribution is 6.30. The molecule has 0 aliphatic rings. The third-order valence-corrected chi connectivity index (χ3v) is 8.92. The fourth-order valence-electron chi connectivity index (χ4n) is 7.20. The molecule has 10 aromatic rings. The molecule has 10 rings (SSSR count). The van der Waals surface area contributed by atoms with Gasteiger partial charge in [-0.25, -0.2) is 4.98 Å². The van der Waals surface area contributed by atoms with Crippen LogP contribution in [0.15, 0.2) is 140 Å². The second-order valence-corrected chi connectivity index (χ2v) is 11.1. The number of aromatic nitrogens is 5. The van der Waals surface area contributed by atoms with Crippen LogP contribution in [0.3, 0.4) is 0 Å². The topological polar surface area (TPSA) is 40.1 Å². The van der Waals surface area contributed by atoms with Gasteiger partial charge < -0.3 is 9.13 Å². The second kappa shape index (κ2) is 8.30. The average molecular weight is 550 g/mol. The van der Waals surface area contributed by atoms with Crippen molar-refractivity contribution in [3.05, 3.63) is 140 Å². The Balaban J connectivity index is 1.49. The maximum Gasteiger partial charge on any atom is 0.163 e. The summed E-state index contributed by atoms with van der Waals surface area (Å²) in [5.74, 6) is 0. The van der Waals surface area contributed by atoms with Gasteiger partial charge in [-0.2, -0.15) is 0 Å². The van der Waals surface area contributed by atoms with Gasteiger partial charge in [0.1, 0.15) is 5.52 Å². The minimum absolute atomic E-state index is 0.877.